The van der Waals surface area contributed by atoms with E-state index in [0.29, 0.717) is 19.0 Å². The highest BCUT2D eigenvalue weighted by Gasteiger charge is 2.20. The van der Waals surface area contributed by atoms with Crippen LogP contribution in [0.2, 0.25) is 0 Å². The van der Waals surface area contributed by atoms with E-state index in [9.17, 15) is 15.3 Å². The molecule has 2 fully saturated rings. The number of β-amino-alcohol motifs (C(OH)–C–C–N with tert-alkyl or cyclic N) is 3. The highest BCUT2D eigenvalue weighted by molar-refractivity contribution is 5.22. The van der Waals surface area contributed by atoms with Gasteiger partial charge in [0.15, 0.2) is 0 Å². The lowest BCUT2D eigenvalue weighted by atomic mass is 10.1. The van der Waals surface area contributed by atoms with Crippen molar-refractivity contribution >= 4 is 0 Å². The van der Waals surface area contributed by atoms with Gasteiger partial charge in [0.1, 0.15) is 0 Å². The van der Waals surface area contributed by atoms with Crippen LogP contribution in [0.1, 0.15) is 45.7 Å². The van der Waals surface area contributed by atoms with Gasteiger partial charge in [-0.3, -0.25) is 24.5 Å². The first-order chi connectivity index (χ1) is 20.0. The molecule has 0 saturated carbocycles. The SMILES string of the molecule is CC(C)CN1CCN(Cc2ccc(CN3CCN(C[C@H](C)O)CCN(C[C@H](C)O)CC3)cc2)CCN(C[C@H](C)O)CC1. The maximum Gasteiger partial charge on any atom is 0.0639 e. The summed E-state index contributed by atoms with van der Waals surface area (Å²) >= 11 is 0. The van der Waals surface area contributed by atoms with Crippen molar-refractivity contribution in [2.45, 2.75) is 66.0 Å². The summed E-state index contributed by atoms with van der Waals surface area (Å²) in [5.74, 6) is 0.651. The first-order valence-corrected chi connectivity index (χ1v) is 16.5. The molecule has 1 aromatic rings. The Morgan fingerprint density at radius 3 is 0.905 bits per heavy atom. The molecule has 0 spiro atoms. The van der Waals surface area contributed by atoms with Gasteiger partial charge < -0.3 is 20.2 Å². The normalized spacial score (nSPS) is 23.0. The van der Waals surface area contributed by atoms with E-state index in [1.54, 1.807) is 0 Å². The van der Waals surface area contributed by atoms with Gasteiger partial charge in [-0.2, -0.15) is 0 Å². The van der Waals surface area contributed by atoms with Crippen LogP contribution >= 0.6 is 0 Å². The average molecular weight is 591 g/mol. The van der Waals surface area contributed by atoms with Crippen molar-refractivity contribution in [3.63, 3.8) is 0 Å². The molecule has 242 valence electrons. The molecule has 9 nitrogen and oxygen atoms in total. The van der Waals surface area contributed by atoms with Crippen LogP contribution in [0, 0.1) is 5.92 Å². The van der Waals surface area contributed by atoms with Crippen LogP contribution in [0.5, 0.6) is 0 Å². The third-order valence-electron chi connectivity index (χ3n) is 8.42. The Morgan fingerprint density at radius 2 is 0.667 bits per heavy atom. The molecule has 2 aliphatic rings. The predicted molar refractivity (Wildman–Crippen MR) is 173 cm³/mol. The first-order valence-electron chi connectivity index (χ1n) is 16.5. The lowest BCUT2D eigenvalue weighted by Gasteiger charge is -2.27. The number of benzene rings is 1. The second kappa shape index (κ2) is 18.6. The van der Waals surface area contributed by atoms with E-state index in [2.05, 4.69) is 67.5 Å². The van der Waals surface area contributed by atoms with Gasteiger partial charge in [0, 0.05) is 118 Å². The van der Waals surface area contributed by atoms with E-state index in [-0.39, 0.29) is 18.3 Å². The molecular formula is C33H62N6O3. The highest BCUT2D eigenvalue weighted by Crippen LogP contribution is 2.13. The fraction of sp³-hybridized carbons (Fsp3) is 0.818. The van der Waals surface area contributed by atoms with Gasteiger partial charge in [0.25, 0.3) is 0 Å². The lowest BCUT2D eigenvalue weighted by molar-refractivity contribution is 0.102. The predicted octanol–water partition coefficient (Wildman–Crippen LogP) is 1.32. The Morgan fingerprint density at radius 1 is 0.429 bits per heavy atom. The summed E-state index contributed by atoms with van der Waals surface area (Å²) in [6, 6.07) is 9.20. The third kappa shape index (κ3) is 14.1. The molecule has 0 aromatic heterocycles. The van der Waals surface area contributed by atoms with Gasteiger partial charge in [0.2, 0.25) is 0 Å². The van der Waals surface area contributed by atoms with Crippen molar-refractivity contribution in [3.8, 4) is 0 Å². The lowest BCUT2D eigenvalue weighted by Crippen LogP contribution is -2.41. The fourth-order valence-electron chi connectivity index (χ4n) is 6.32. The highest BCUT2D eigenvalue weighted by atomic mass is 16.3. The molecule has 1 aromatic carbocycles. The Labute approximate surface area is 256 Å². The summed E-state index contributed by atoms with van der Waals surface area (Å²) < 4.78 is 0. The number of nitrogens with zero attached hydrogens (tertiary/aromatic N) is 6. The summed E-state index contributed by atoms with van der Waals surface area (Å²) in [6.07, 6.45) is -0.977. The van der Waals surface area contributed by atoms with E-state index in [4.69, 9.17) is 0 Å². The van der Waals surface area contributed by atoms with Crippen molar-refractivity contribution in [2.24, 2.45) is 5.92 Å². The molecule has 2 saturated heterocycles. The molecule has 42 heavy (non-hydrogen) atoms. The Bertz CT molecular complexity index is 740. The zero-order valence-corrected chi connectivity index (χ0v) is 27.4. The second-order valence-corrected chi connectivity index (χ2v) is 13.5. The molecular weight excluding hydrogens is 528 g/mol. The van der Waals surface area contributed by atoms with Crippen molar-refractivity contribution in [2.75, 3.05) is 105 Å². The third-order valence-corrected chi connectivity index (χ3v) is 8.42. The van der Waals surface area contributed by atoms with E-state index in [1.165, 1.54) is 11.1 Å². The molecule has 3 N–H and O–H groups in total. The number of hydrogen-bond acceptors (Lipinski definition) is 9. The second-order valence-electron chi connectivity index (χ2n) is 13.5. The van der Waals surface area contributed by atoms with Crippen LogP contribution in [-0.4, -0.2) is 168 Å². The molecule has 0 aliphatic carbocycles. The van der Waals surface area contributed by atoms with Gasteiger partial charge in [-0.1, -0.05) is 38.1 Å². The molecule has 3 atom stereocenters. The largest absolute Gasteiger partial charge is 0.392 e. The quantitative estimate of drug-likeness (QED) is 0.334. The van der Waals surface area contributed by atoms with E-state index in [0.717, 1.165) is 105 Å². The number of aliphatic hydroxyl groups is 3. The zero-order chi connectivity index (χ0) is 30.5. The molecule has 3 rings (SSSR count). The molecule has 0 unspecified atom stereocenters. The van der Waals surface area contributed by atoms with Crippen LogP contribution in [-0.2, 0) is 13.1 Å². The van der Waals surface area contributed by atoms with Gasteiger partial charge in [-0.05, 0) is 37.8 Å². The summed E-state index contributed by atoms with van der Waals surface area (Å²) in [5.41, 5.74) is 2.68. The summed E-state index contributed by atoms with van der Waals surface area (Å²) in [4.78, 5) is 14.8. The molecule has 2 heterocycles. The Balaban J connectivity index is 1.60. The van der Waals surface area contributed by atoms with Crippen LogP contribution in [0.3, 0.4) is 0 Å². The first kappa shape index (κ1) is 35.3. The number of aliphatic hydroxyl groups excluding tert-OH is 3. The molecule has 0 radical (unpaired) electrons. The topological polar surface area (TPSA) is 80.1 Å². The molecule has 2 aliphatic heterocycles. The van der Waals surface area contributed by atoms with Gasteiger partial charge in [-0.25, -0.2) is 0 Å². The maximum absolute atomic E-state index is 10.0. The smallest absolute Gasteiger partial charge is 0.0639 e. The summed E-state index contributed by atoms with van der Waals surface area (Å²) in [5, 5.41) is 30.0. The molecule has 0 bridgehead atoms. The Kier molecular flexibility index (Phi) is 15.7. The van der Waals surface area contributed by atoms with E-state index < -0.39 is 0 Å². The summed E-state index contributed by atoms with van der Waals surface area (Å²) in [7, 11) is 0. The minimum atomic E-state index is -0.338. The standard InChI is InChI=1S/C33H62N6O3/c1-28(2)22-34-10-12-35(23-29(3)40)15-19-38(18-11-34)26-32-6-8-33(9-7-32)27-39-20-16-36(24-30(4)41)13-14-37(17-21-39)25-31(5)42/h6-9,28-31,40-42H,10-27H2,1-5H3/t29-,30-,31-/m0/s1. The van der Waals surface area contributed by atoms with Crippen LogP contribution in [0.25, 0.3) is 0 Å². The monoisotopic (exact) mass is 590 g/mol. The fourth-order valence-corrected chi connectivity index (χ4v) is 6.32. The number of hydrogen-bond donors (Lipinski definition) is 3. The van der Waals surface area contributed by atoms with Crippen LogP contribution < -0.4 is 0 Å². The van der Waals surface area contributed by atoms with E-state index >= 15 is 0 Å². The van der Waals surface area contributed by atoms with Gasteiger partial charge in [0.05, 0.1) is 18.3 Å². The van der Waals surface area contributed by atoms with Crippen LogP contribution in [0.4, 0.5) is 0 Å². The zero-order valence-electron chi connectivity index (χ0n) is 27.4. The van der Waals surface area contributed by atoms with Gasteiger partial charge >= 0.3 is 0 Å². The van der Waals surface area contributed by atoms with Crippen molar-refractivity contribution in [3.05, 3.63) is 35.4 Å². The minimum Gasteiger partial charge on any atom is -0.392 e. The van der Waals surface area contributed by atoms with Crippen molar-refractivity contribution in [1.82, 2.24) is 29.4 Å². The Hall–Kier alpha value is -1.14. The van der Waals surface area contributed by atoms with Crippen molar-refractivity contribution < 1.29 is 15.3 Å². The van der Waals surface area contributed by atoms with E-state index in [1.807, 2.05) is 20.8 Å². The van der Waals surface area contributed by atoms with Gasteiger partial charge in [-0.15, -0.1) is 0 Å². The maximum atomic E-state index is 10.0. The molecule has 9 heteroatoms. The van der Waals surface area contributed by atoms with Crippen LogP contribution in [0.15, 0.2) is 24.3 Å². The average Bonchev–Trinajstić information content (AvgIpc) is 3.05. The minimum absolute atomic E-state index is 0.300. The summed E-state index contributed by atoms with van der Waals surface area (Å²) in [6.45, 7) is 27.2. The number of rotatable bonds is 12. The molecule has 0 amide bonds. The van der Waals surface area contributed by atoms with Crippen molar-refractivity contribution in [1.29, 1.82) is 0 Å².